The molecule has 0 saturated carbocycles. The fourth-order valence-electron chi connectivity index (χ4n) is 1.92. The second-order valence-electron chi connectivity index (χ2n) is 4.63. The summed E-state index contributed by atoms with van der Waals surface area (Å²) in [5.41, 5.74) is 1.65. The van der Waals surface area contributed by atoms with Gasteiger partial charge in [0.05, 0.1) is 13.7 Å². The first-order valence-electron chi connectivity index (χ1n) is 6.73. The Morgan fingerprint density at radius 3 is 2.41 bits per heavy atom. The van der Waals surface area contributed by atoms with E-state index in [4.69, 9.17) is 9.84 Å². The van der Waals surface area contributed by atoms with E-state index in [0.717, 1.165) is 0 Å². The van der Waals surface area contributed by atoms with Gasteiger partial charge in [0.15, 0.2) is 0 Å². The van der Waals surface area contributed by atoms with Crippen LogP contribution in [-0.4, -0.2) is 30.0 Å². The Balaban J connectivity index is 2.02. The normalized spacial score (nSPS) is 11.6. The molecule has 0 fully saturated rings. The van der Waals surface area contributed by atoms with Gasteiger partial charge < -0.3 is 25.6 Å². The second-order valence-corrected chi connectivity index (χ2v) is 4.63. The van der Waals surface area contributed by atoms with Gasteiger partial charge in [-0.05, 0) is 29.8 Å². The van der Waals surface area contributed by atoms with Crippen LogP contribution in [-0.2, 0) is 0 Å². The van der Waals surface area contributed by atoms with Gasteiger partial charge in [-0.1, -0.05) is 18.2 Å². The Labute approximate surface area is 128 Å². The Morgan fingerprint density at radius 2 is 1.77 bits per heavy atom. The van der Waals surface area contributed by atoms with Crippen molar-refractivity contribution in [2.75, 3.05) is 24.4 Å². The Hall–Kier alpha value is -2.57. The molecule has 2 rings (SSSR count). The van der Waals surface area contributed by atoms with Gasteiger partial charge in [-0.3, -0.25) is 0 Å². The van der Waals surface area contributed by atoms with Crippen molar-refractivity contribution in [3.63, 3.8) is 0 Å². The van der Waals surface area contributed by atoms with Crippen LogP contribution in [0, 0.1) is 0 Å². The number of ether oxygens (including phenoxy) is 1. The number of aliphatic hydroxyl groups is 2. The van der Waals surface area contributed by atoms with Crippen LogP contribution in [0.1, 0.15) is 11.7 Å². The zero-order valence-electron chi connectivity index (χ0n) is 12.1. The summed E-state index contributed by atoms with van der Waals surface area (Å²) in [6.07, 6.45) is -0.969. The summed E-state index contributed by atoms with van der Waals surface area (Å²) in [5, 5.41) is 23.9. The maximum absolute atomic E-state index is 12.0. The average Bonchev–Trinajstić information content (AvgIpc) is 2.54. The highest BCUT2D eigenvalue weighted by atomic mass is 16.5. The van der Waals surface area contributed by atoms with Crippen molar-refractivity contribution in [3.8, 4) is 5.75 Å². The summed E-state index contributed by atoms with van der Waals surface area (Å²) >= 11 is 0. The van der Waals surface area contributed by atoms with Crippen molar-refractivity contribution in [2.45, 2.75) is 6.10 Å². The summed E-state index contributed by atoms with van der Waals surface area (Å²) in [7, 11) is 1.55. The Bertz CT molecular complexity index is 646. The molecule has 0 bridgehead atoms. The van der Waals surface area contributed by atoms with E-state index in [0.29, 0.717) is 22.7 Å². The standard InChI is InChI=1S/C16H18N2O4/c1-22-14-7-3-6-13(9-14)18-16(21)17-12-5-2-4-11(8-12)15(20)10-19/h2-9,15,19-20H,10H2,1H3,(H2,17,18,21)/t15-/m0/s1. The first-order valence-corrected chi connectivity index (χ1v) is 6.73. The quantitative estimate of drug-likeness (QED) is 0.682. The van der Waals surface area contributed by atoms with Gasteiger partial charge in [-0.2, -0.15) is 0 Å². The molecule has 4 N–H and O–H groups in total. The number of carbonyl (C=O) groups excluding carboxylic acids is 1. The van der Waals surface area contributed by atoms with Crippen LogP contribution < -0.4 is 15.4 Å². The SMILES string of the molecule is COc1cccc(NC(=O)Nc2cccc([C@@H](O)CO)c2)c1. The lowest BCUT2D eigenvalue weighted by atomic mass is 10.1. The predicted octanol–water partition coefficient (Wildman–Crippen LogP) is 2.36. The fraction of sp³-hybridized carbons (Fsp3) is 0.188. The summed E-state index contributed by atoms with van der Waals surface area (Å²) in [6, 6.07) is 13.2. The molecule has 0 heterocycles. The minimum atomic E-state index is -0.969. The molecular weight excluding hydrogens is 284 g/mol. The van der Waals surface area contributed by atoms with Crippen molar-refractivity contribution >= 4 is 17.4 Å². The van der Waals surface area contributed by atoms with E-state index in [1.165, 1.54) is 0 Å². The molecule has 0 unspecified atom stereocenters. The van der Waals surface area contributed by atoms with E-state index >= 15 is 0 Å². The van der Waals surface area contributed by atoms with Crippen molar-refractivity contribution < 1.29 is 19.7 Å². The lowest BCUT2D eigenvalue weighted by Crippen LogP contribution is -2.19. The maximum Gasteiger partial charge on any atom is 0.323 e. The van der Waals surface area contributed by atoms with Gasteiger partial charge in [0.25, 0.3) is 0 Å². The topological polar surface area (TPSA) is 90.8 Å². The molecule has 22 heavy (non-hydrogen) atoms. The number of hydrogen-bond donors (Lipinski definition) is 4. The van der Waals surface area contributed by atoms with Crippen molar-refractivity contribution in [1.29, 1.82) is 0 Å². The zero-order valence-corrected chi connectivity index (χ0v) is 12.1. The van der Waals surface area contributed by atoms with E-state index in [1.807, 2.05) is 0 Å². The molecule has 0 aliphatic carbocycles. The van der Waals surface area contributed by atoms with Gasteiger partial charge in [0.2, 0.25) is 0 Å². The van der Waals surface area contributed by atoms with Crippen LogP contribution in [0.2, 0.25) is 0 Å². The third kappa shape index (κ3) is 4.21. The van der Waals surface area contributed by atoms with Crippen LogP contribution in [0.3, 0.4) is 0 Å². The third-order valence-corrected chi connectivity index (χ3v) is 3.03. The molecule has 116 valence electrons. The zero-order chi connectivity index (χ0) is 15.9. The summed E-state index contributed by atoms with van der Waals surface area (Å²) in [5.74, 6) is 0.644. The maximum atomic E-state index is 12.0. The molecule has 0 aromatic heterocycles. The molecular formula is C16H18N2O4. The van der Waals surface area contributed by atoms with Gasteiger partial charge in [-0.15, -0.1) is 0 Å². The number of urea groups is 1. The lowest BCUT2D eigenvalue weighted by Gasteiger charge is -2.11. The van der Waals surface area contributed by atoms with Gasteiger partial charge in [-0.25, -0.2) is 4.79 Å². The van der Waals surface area contributed by atoms with Crippen LogP contribution in [0.5, 0.6) is 5.75 Å². The summed E-state index contributed by atoms with van der Waals surface area (Å²) in [4.78, 5) is 12.0. The van der Waals surface area contributed by atoms with E-state index < -0.39 is 12.1 Å². The predicted molar refractivity (Wildman–Crippen MR) is 84.1 cm³/mol. The van der Waals surface area contributed by atoms with Crippen molar-refractivity contribution in [3.05, 3.63) is 54.1 Å². The summed E-state index contributed by atoms with van der Waals surface area (Å²) in [6.45, 7) is -0.376. The first kappa shape index (κ1) is 15.8. The van der Waals surface area contributed by atoms with Crippen molar-refractivity contribution in [1.82, 2.24) is 0 Å². The van der Waals surface area contributed by atoms with E-state index in [9.17, 15) is 9.90 Å². The van der Waals surface area contributed by atoms with Crippen LogP contribution >= 0.6 is 0 Å². The minimum absolute atomic E-state index is 0.376. The highest BCUT2D eigenvalue weighted by Crippen LogP contribution is 2.19. The molecule has 0 aliphatic heterocycles. The first-order chi connectivity index (χ1) is 10.6. The second kappa shape index (κ2) is 7.44. The minimum Gasteiger partial charge on any atom is -0.497 e. The molecule has 0 saturated heterocycles. The molecule has 0 spiro atoms. The average molecular weight is 302 g/mol. The molecule has 2 aromatic carbocycles. The molecule has 1 atom stereocenters. The van der Waals surface area contributed by atoms with Crippen LogP contribution in [0.4, 0.5) is 16.2 Å². The van der Waals surface area contributed by atoms with E-state index in [1.54, 1.807) is 55.6 Å². The molecule has 0 radical (unpaired) electrons. The van der Waals surface area contributed by atoms with E-state index in [2.05, 4.69) is 10.6 Å². The number of aliphatic hydroxyl groups excluding tert-OH is 2. The molecule has 0 aliphatic rings. The largest absolute Gasteiger partial charge is 0.497 e. The third-order valence-electron chi connectivity index (χ3n) is 3.03. The highest BCUT2D eigenvalue weighted by Gasteiger charge is 2.08. The molecule has 6 nitrogen and oxygen atoms in total. The number of anilines is 2. The fourth-order valence-corrected chi connectivity index (χ4v) is 1.92. The van der Waals surface area contributed by atoms with Gasteiger partial charge in [0, 0.05) is 17.4 Å². The van der Waals surface area contributed by atoms with Gasteiger partial charge >= 0.3 is 6.03 Å². The number of rotatable bonds is 5. The number of amides is 2. The number of methoxy groups -OCH3 is 1. The van der Waals surface area contributed by atoms with Gasteiger partial charge in [0.1, 0.15) is 11.9 Å². The molecule has 2 amide bonds. The molecule has 6 heteroatoms. The number of benzene rings is 2. The highest BCUT2D eigenvalue weighted by molar-refractivity contribution is 5.99. The lowest BCUT2D eigenvalue weighted by molar-refractivity contribution is 0.0956. The van der Waals surface area contributed by atoms with Crippen LogP contribution in [0.15, 0.2) is 48.5 Å². The van der Waals surface area contributed by atoms with Crippen LogP contribution in [0.25, 0.3) is 0 Å². The smallest absolute Gasteiger partial charge is 0.323 e. The van der Waals surface area contributed by atoms with E-state index in [-0.39, 0.29) is 6.61 Å². The Kier molecular flexibility index (Phi) is 5.35. The molecule has 2 aromatic rings. The summed E-state index contributed by atoms with van der Waals surface area (Å²) < 4.78 is 5.09. The number of nitrogens with one attached hydrogen (secondary N) is 2. The van der Waals surface area contributed by atoms with Crippen molar-refractivity contribution in [2.24, 2.45) is 0 Å². The number of hydrogen-bond acceptors (Lipinski definition) is 4. The monoisotopic (exact) mass is 302 g/mol. The Morgan fingerprint density at radius 1 is 1.14 bits per heavy atom. The number of carbonyl (C=O) groups is 1.